The summed E-state index contributed by atoms with van der Waals surface area (Å²) in [7, 11) is 17.0. The van der Waals surface area contributed by atoms with Crippen molar-refractivity contribution in [2.24, 2.45) is 0 Å². The zero-order valence-corrected chi connectivity index (χ0v) is 8.45. The average molecular weight is 218 g/mol. The second kappa shape index (κ2) is 2.28. The minimum atomic E-state index is -3.00. The van der Waals surface area contributed by atoms with Crippen LogP contribution in [-0.4, -0.2) is 11.0 Å². The molecule has 8 heavy (non-hydrogen) atoms. The van der Waals surface area contributed by atoms with Crippen molar-refractivity contribution in [3.63, 3.8) is 0 Å². The summed E-state index contributed by atoms with van der Waals surface area (Å²) in [4.78, 5) is 0. The number of rotatable bonds is 1. The number of thiol groups is 1. The molecule has 0 bridgehead atoms. The quantitative estimate of drug-likeness (QED) is 0.503. The monoisotopic (exact) mass is 216 g/mol. The zero-order valence-electron chi connectivity index (χ0n) is 4.54. The zero-order chi connectivity index (χ0) is 7.02. The lowest BCUT2D eigenvalue weighted by Gasteiger charge is -2.40. The first kappa shape index (κ1) is 9.51. The van der Waals surface area contributed by atoms with Crippen LogP contribution in [0.5, 0.6) is 0 Å². The summed E-state index contributed by atoms with van der Waals surface area (Å²) in [5.41, 5.74) is 0. The second-order valence-electron chi connectivity index (χ2n) is 1.82. The molecule has 0 heterocycles. The fourth-order valence-corrected chi connectivity index (χ4v) is 0. The Labute approximate surface area is 68.2 Å². The Morgan fingerprint density at radius 1 is 1.25 bits per heavy atom. The topological polar surface area (TPSA) is 0 Å². The van der Waals surface area contributed by atoms with E-state index in [0.29, 0.717) is 0 Å². The Balaban J connectivity index is 4.14. The van der Waals surface area contributed by atoms with Crippen molar-refractivity contribution in [1.29, 1.82) is 0 Å². The molecule has 0 fully saturated rings. The molecular formula is C3H8Cl4S. The van der Waals surface area contributed by atoms with Gasteiger partial charge in [-0.3, -0.25) is 0 Å². The van der Waals surface area contributed by atoms with Crippen molar-refractivity contribution in [2.45, 2.75) is 11.6 Å². The average Bonchev–Trinajstić information content (AvgIpc) is 1.27. The van der Waals surface area contributed by atoms with E-state index >= 15 is 0 Å². The van der Waals surface area contributed by atoms with E-state index < -0.39 is 6.80 Å². The second-order valence-corrected chi connectivity index (χ2v) is 15.5. The molecule has 0 spiro atoms. The van der Waals surface area contributed by atoms with Crippen LogP contribution in [0.15, 0.2) is 0 Å². The van der Waals surface area contributed by atoms with Crippen LogP contribution < -0.4 is 0 Å². The van der Waals surface area contributed by atoms with Crippen LogP contribution in [-0.2, 0) is 0 Å². The van der Waals surface area contributed by atoms with Gasteiger partial charge in [0.2, 0.25) is 0 Å². The Morgan fingerprint density at radius 2 is 1.38 bits per heavy atom. The molecule has 0 nitrogen and oxygen atoms in total. The molecule has 0 aliphatic carbocycles. The summed E-state index contributed by atoms with van der Waals surface area (Å²) in [5, 5.41) is 0. The number of hydrogen-bond acceptors (Lipinski definition) is 0. The van der Waals surface area contributed by atoms with E-state index in [4.69, 9.17) is 43.6 Å². The molecule has 1 unspecified atom stereocenters. The van der Waals surface area contributed by atoms with Gasteiger partial charge < -0.3 is 0 Å². The smallest absolute Gasteiger partial charge is 0.0793 e. The van der Waals surface area contributed by atoms with Crippen molar-refractivity contribution in [1.82, 2.24) is 0 Å². The normalized spacial score (nSPS) is 21.5. The highest BCUT2D eigenvalue weighted by atomic mass is 36.2. The van der Waals surface area contributed by atoms with E-state index in [1.807, 2.05) is 0 Å². The molecule has 0 aliphatic rings. The molecule has 0 radical (unpaired) electrons. The molecule has 0 aromatic rings. The maximum Gasteiger partial charge on any atom is 0.0793 e. The number of alkyl halides is 1. The van der Waals surface area contributed by atoms with Gasteiger partial charge in [0.15, 0.2) is 0 Å². The van der Waals surface area contributed by atoms with Gasteiger partial charge in [0, 0.05) is 0 Å². The van der Waals surface area contributed by atoms with Crippen LogP contribution in [0.1, 0.15) is 6.92 Å². The lowest BCUT2D eigenvalue weighted by Crippen LogP contribution is -2.02. The molecule has 0 aromatic carbocycles. The first-order valence-electron chi connectivity index (χ1n) is 2.01. The number of halogens is 4. The van der Waals surface area contributed by atoms with Gasteiger partial charge in [-0.2, -0.15) is 0 Å². The first-order chi connectivity index (χ1) is 3.20. The van der Waals surface area contributed by atoms with Crippen LogP contribution in [0.2, 0.25) is 0 Å². The van der Waals surface area contributed by atoms with Gasteiger partial charge in [-0.1, -0.05) is 38.8 Å². The van der Waals surface area contributed by atoms with Crippen molar-refractivity contribution in [2.75, 3.05) is 6.26 Å². The van der Waals surface area contributed by atoms with Gasteiger partial charge in [-0.25, -0.2) is 0 Å². The Morgan fingerprint density at radius 3 is 1.38 bits per heavy atom. The van der Waals surface area contributed by atoms with Crippen LogP contribution in [0.4, 0.5) is 0 Å². The molecule has 0 saturated heterocycles. The maximum absolute atomic E-state index is 5.65. The Bertz CT molecular complexity index is 81.9. The van der Waals surface area contributed by atoms with Gasteiger partial charge in [0.25, 0.3) is 0 Å². The fourth-order valence-electron chi connectivity index (χ4n) is 0. The molecule has 5 heteroatoms. The van der Waals surface area contributed by atoms with E-state index in [2.05, 4.69) is 0 Å². The van der Waals surface area contributed by atoms with E-state index in [0.717, 1.165) is 0 Å². The molecule has 0 amide bonds. The number of hydrogen-bond donors (Lipinski definition) is 1. The molecule has 0 saturated carbocycles. The van der Waals surface area contributed by atoms with Gasteiger partial charge in [-0.05, 0) is 13.2 Å². The summed E-state index contributed by atoms with van der Waals surface area (Å²) in [6.45, 7) is -1.32. The highest BCUT2D eigenvalue weighted by Crippen LogP contribution is 2.84. The van der Waals surface area contributed by atoms with E-state index in [1.165, 1.54) is 0 Å². The maximum atomic E-state index is 5.65. The van der Waals surface area contributed by atoms with Gasteiger partial charge in [-0.15, -0.1) is 11.6 Å². The fraction of sp³-hybridized carbons (Fsp3) is 1.00. The third-order valence-corrected chi connectivity index (χ3v) is 7.28. The van der Waals surface area contributed by atoms with Gasteiger partial charge in [0.1, 0.15) is 0 Å². The predicted octanol–water partition coefficient (Wildman–Crippen LogP) is 3.74. The summed E-state index contributed by atoms with van der Waals surface area (Å²) in [6.07, 6.45) is 1.58. The molecule has 0 aromatic heterocycles. The summed E-state index contributed by atoms with van der Waals surface area (Å²) >= 11 is 5.56. The van der Waals surface area contributed by atoms with Crippen LogP contribution in [0.25, 0.3) is 0 Å². The summed E-state index contributed by atoms with van der Waals surface area (Å²) in [6, 6.07) is 0. The minimum Gasteiger partial charge on any atom is -0.111 e. The standard InChI is InChI=1S/C3H8Cl4S/c1-3(4)8(2,5,6)7/h3,8H,1-2H3. The molecule has 1 atom stereocenters. The molecule has 0 aliphatic heterocycles. The third-order valence-electron chi connectivity index (χ3n) is 0.759. The van der Waals surface area contributed by atoms with Crippen molar-refractivity contribution in [3.8, 4) is 0 Å². The van der Waals surface area contributed by atoms with Crippen molar-refractivity contribution < 1.29 is 0 Å². The van der Waals surface area contributed by atoms with Crippen LogP contribution in [0, 0.1) is 0 Å². The lowest BCUT2D eigenvalue weighted by atomic mass is 11.0. The van der Waals surface area contributed by atoms with Gasteiger partial charge >= 0.3 is 0 Å². The highest BCUT2D eigenvalue weighted by molar-refractivity contribution is 8.91. The molecule has 0 N–H and O–H groups in total. The molecule has 54 valence electrons. The first-order valence-corrected chi connectivity index (χ1v) is 7.91. The van der Waals surface area contributed by atoms with Crippen molar-refractivity contribution in [3.05, 3.63) is 0 Å². The SMILES string of the molecule is CC(Cl)[SH](C)(Cl)(Cl)Cl. The third kappa shape index (κ3) is 3.52. The van der Waals surface area contributed by atoms with Crippen LogP contribution >= 0.6 is 50.4 Å². The molecule has 0 rings (SSSR count). The molecular weight excluding hydrogens is 210 g/mol. The minimum absolute atomic E-state index is 0.356. The van der Waals surface area contributed by atoms with E-state index in [9.17, 15) is 0 Å². The van der Waals surface area contributed by atoms with Gasteiger partial charge in [0.05, 0.1) is 4.71 Å². The van der Waals surface area contributed by atoms with E-state index in [-0.39, 0.29) is 4.71 Å². The Kier molecular flexibility index (Phi) is 2.71. The summed E-state index contributed by atoms with van der Waals surface area (Å²) < 4.78 is -0.356. The van der Waals surface area contributed by atoms with Crippen molar-refractivity contribution >= 4 is 50.4 Å². The largest absolute Gasteiger partial charge is 0.111 e. The highest BCUT2D eigenvalue weighted by Gasteiger charge is 2.32. The predicted molar refractivity (Wildman–Crippen MR) is 47.8 cm³/mol. The lowest BCUT2D eigenvalue weighted by molar-refractivity contribution is 1.40. The van der Waals surface area contributed by atoms with Crippen LogP contribution in [0.3, 0.4) is 0 Å². The van der Waals surface area contributed by atoms with E-state index in [1.54, 1.807) is 13.2 Å². The Hall–Kier alpha value is 1.51. The summed E-state index contributed by atoms with van der Waals surface area (Å²) in [5.74, 6) is 0.